The Labute approximate surface area is 68.2 Å². The third-order valence-electron chi connectivity index (χ3n) is 0.611. The molecule has 9 heavy (non-hydrogen) atoms. The lowest BCUT2D eigenvalue weighted by Gasteiger charge is -2.06. The van der Waals surface area contributed by atoms with E-state index in [4.69, 9.17) is 11.6 Å². The minimum absolute atomic E-state index is 0.141. The first-order valence-corrected chi connectivity index (χ1v) is 3.66. The Hall–Kier alpha value is 0.180. The Morgan fingerprint density at radius 1 is 1.67 bits per heavy atom. The fraction of sp³-hybridized carbons (Fsp3) is 0.500. The van der Waals surface area contributed by atoms with E-state index in [0.717, 1.165) is 0 Å². The van der Waals surface area contributed by atoms with Gasteiger partial charge in [-0.1, -0.05) is 22.0 Å². The lowest BCUT2D eigenvalue weighted by molar-refractivity contribution is -0.107. The second kappa shape index (κ2) is 3.37. The minimum atomic E-state index is -0.442. The molecule has 0 fully saturated rings. The number of hydrogen-bond donors (Lipinski definition) is 0. The third kappa shape index (κ3) is 8.18. The molecule has 0 saturated carbocycles. The maximum atomic E-state index is 10.1. The molecule has 0 heterocycles. The van der Waals surface area contributed by atoms with Gasteiger partial charge in [0.15, 0.2) is 0 Å². The Morgan fingerprint density at radius 2 is 2.11 bits per heavy atom. The van der Waals surface area contributed by atoms with Crippen LogP contribution in [-0.4, -0.2) is 9.57 Å². The van der Waals surface area contributed by atoms with Crippen LogP contribution in [0.1, 0.15) is 13.8 Å². The number of halogens is 2. The summed E-state index contributed by atoms with van der Waals surface area (Å²) < 4.78 is -0.141. The largest absolute Gasteiger partial charge is 0.276 e. The van der Waals surface area contributed by atoms with Crippen LogP contribution in [0.5, 0.6) is 0 Å². The molecule has 0 rings (SSSR count). The van der Waals surface area contributed by atoms with Crippen molar-refractivity contribution in [1.82, 2.24) is 0 Å². The van der Waals surface area contributed by atoms with E-state index >= 15 is 0 Å². The number of hydrogen-bond acceptors (Lipinski definition) is 1. The van der Waals surface area contributed by atoms with E-state index in [-0.39, 0.29) is 4.32 Å². The van der Waals surface area contributed by atoms with Gasteiger partial charge < -0.3 is 0 Å². The summed E-state index contributed by atoms with van der Waals surface area (Å²) in [5, 5.41) is -0.442. The first kappa shape index (κ1) is 9.18. The van der Waals surface area contributed by atoms with E-state index in [2.05, 4.69) is 15.9 Å². The summed E-state index contributed by atoms with van der Waals surface area (Å²) in [5.74, 6) is 0. The number of alkyl halides is 1. The molecule has 52 valence electrons. The van der Waals surface area contributed by atoms with E-state index in [1.54, 1.807) is 6.08 Å². The van der Waals surface area contributed by atoms with Crippen molar-refractivity contribution < 1.29 is 4.79 Å². The minimum Gasteiger partial charge on any atom is -0.276 e. The van der Waals surface area contributed by atoms with Crippen LogP contribution in [0, 0.1) is 0 Å². The summed E-state index contributed by atoms with van der Waals surface area (Å²) in [6.45, 7) is 3.84. The van der Waals surface area contributed by atoms with Crippen molar-refractivity contribution in [2.24, 2.45) is 0 Å². The summed E-state index contributed by atoms with van der Waals surface area (Å²) in [4.78, 5) is 10.1. The van der Waals surface area contributed by atoms with Gasteiger partial charge in [-0.15, -0.1) is 0 Å². The Balaban J connectivity index is 3.86. The van der Waals surface area contributed by atoms with Gasteiger partial charge in [0.25, 0.3) is 0 Å². The standard InChI is InChI=1S/C6H8BrClO/c1-6(2,7)4-3-5(8)9/h3-4H,1-2H3. The molecule has 0 atom stereocenters. The van der Waals surface area contributed by atoms with Gasteiger partial charge in [-0.05, 0) is 31.5 Å². The highest BCUT2D eigenvalue weighted by Gasteiger charge is 2.06. The van der Waals surface area contributed by atoms with Gasteiger partial charge in [0.05, 0.1) is 0 Å². The lowest BCUT2D eigenvalue weighted by Crippen LogP contribution is -2.03. The number of carbonyl (C=O) groups is 1. The maximum absolute atomic E-state index is 10.1. The van der Waals surface area contributed by atoms with Crippen LogP contribution in [0.4, 0.5) is 0 Å². The molecule has 0 aliphatic heterocycles. The molecule has 0 aromatic carbocycles. The molecule has 0 radical (unpaired) electrons. The molecule has 0 amide bonds. The first-order valence-electron chi connectivity index (χ1n) is 2.49. The van der Waals surface area contributed by atoms with E-state index in [1.165, 1.54) is 6.08 Å². The molecule has 3 heteroatoms. The first-order chi connectivity index (χ1) is 3.92. The predicted octanol–water partition coefficient (Wildman–Crippen LogP) is 2.48. The van der Waals surface area contributed by atoms with Crippen LogP contribution in [0.25, 0.3) is 0 Å². The molecule has 0 aromatic rings. The monoisotopic (exact) mass is 210 g/mol. The normalized spacial score (nSPS) is 12.4. The summed E-state index contributed by atoms with van der Waals surface area (Å²) in [7, 11) is 0. The van der Waals surface area contributed by atoms with E-state index in [0.29, 0.717) is 0 Å². The topological polar surface area (TPSA) is 17.1 Å². The van der Waals surface area contributed by atoms with Crippen molar-refractivity contribution in [2.45, 2.75) is 18.2 Å². The van der Waals surface area contributed by atoms with Crippen molar-refractivity contribution in [3.63, 3.8) is 0 Å². The molecule has 0 aliphatic rings. The quantitative estimate of drug-likeness (QED) is 0.390. The highest BCUT2D eigenvalue weighted by atomic mass is 79.9. The average Bonchev–Trinajstić information content (AvgIpc) is 1.59. The zero-order chi connectivity index (χ0) is 7.49. The second-order valence-electron chi connectivity index (χ2n) is 2.20. The van der Waals surface area contributed by atoms with Crippen LogP contribution < -0.4 is 0 Å². The smallest absolute Gasteiger partial charge is 0.244 e. The van der Waals surface area contributed by atoms with Gasteiger partial charge in [-0.2, -0.15) is 0 Å². The lowest BCUT2D eigenvalue weighted by atomic mass is 10.2. The second-order valence-corrected chi connectivity index (χ2v) is 4.62. The van der Waals surface area contributed by atoms with Crippen molar-refractivity contribution in [3.05, 3.63) is 12.2 Å². The highest BCUT2D eigenvalue weighted by Crippen LogP contribution is 2.16. The summed E-state index contributed by atoms with van der Waals surface area (Å²) >= 11 is 8.35. The molecular weight excluding hydrogens is 203 g/mol. The predicted molar refractivity (Wildman–Crippen MR) is 43.0 cm³/mol. The van der Waals surface area contributed by atoms with Gasteiger partial charge in [-0.25, -0.2) is 0 Å². The molecule has 0 bridgehead atoms. The van der Waals surface area contributed by atoms with Crippen LogP contribution in [-0.2, 0) is 4.79 Å². The van der Waals surface area contributed by atoms with Crippen LogP contribution in [0.2, 0.25) is 0 Å². The van der Waals surface area contributed by atoms with E-state index in [1.807, 2.05) is 13.8 Å². The van der Waals surface area contributed by atoms with Crippen molar-refractivity contribution in [2.75, 3.05) is 0 Å². The van der Waals surface area contributed by atoms with Gasteiger partial charge >= 0.3 is 0 Å². The van der Waals surface area contributed by atoms with Crippen LogP contribution in [0.3, 0.4) is 0 Å². The average molecular weight is 211 g/mol. The van der Waals surface area contributed by atoms with Gasteiger partial charge in [0, 0.05) is 4.32 Å². The van der Waals surface area contributed by atoms with Crippen molar-refractivity contribution in [3.8, 4) is 0 Å². The fourth-order valence-electron chi connectivity index (χ4n) is 0.264. The zero-order valence-electron chi connectivity index (χ0n) is 5.32. The molecule has 0 aromatic heterocycles. The van der Waals surface area contributed by atoms with Crippen molar-refractivity contribution >= 4 is 32.8 Å². The van der Waals surface area contributed by atoms with Gasteiger partial charge in [0.2, 0.25) is 5.24 Å². The molecule has 0 spiro atoms. The molecule has 0 saturated heterocycles. The Kier molecular flexibility index (Phi) is 3.44. The fourth-order valence-corrected chi connectivity index (χ4v) is 0.459. The summed E-state index contributed by atoms with van der Waals surface area (Å²) in [6, 6.07) is 0. The number of rotatable bonds is 2. The molecule has 0 N–H and O–H groups in total. The maximum Gasteiger partial charge on any atom is 0.244 e. The van der Waals surface area contributed by atoms with Gasteiger partial charge in [0.1, 0.15) is 0 Å². The molecule has 1 nitrogen and oxygen atoms in total. The summed E-state index contributed by atoms with van der Waals surface area (Å²) in [5.41, 5.74) is 0. The van der Waals surface area contributed by atoms with Crippen LogP contribution in [0.15, 0.2) is 12.2 Å². The molecule has 0 unspecified atom stereocenters. The SMILES string of the molecule is CC(C)(Br)C=CC(=O)Cl. The molecule has 0 aliphatic carbocycles. The molecular formula is C6H8BrClO. The number of carbonyl (C=O) groups excluding carboxylic acids is 1. The zero-order valence-corrected chi connectivity index (χ0v) is 7.66. The van der Waals surface area contributed by atoms with Crippen LogP contribution >= 0.6 is 27.5 Å². The number of allylic oxidation sites excluding steroid dienone is 2. The highest BCUT2D eigenvalue weighted by molar-refractivity contribution is 9.10. The summed E-state index contributed by atoms with van der Waals surface area (Å²) in [6.07, 6.45) is 3.03. The Bertz CT molecular complexity index is 134. The van der Waals surface area contributed by atoms with E-state index in [9.17, 15) is 4.79 Å². The third-order valence-corrected chi connectivity index (χ3v) is 1.00. The van der Waals surface area contributed by atoms with Gasteiger partial charge in [-0.3, -0.25) is 4.79 Å². The Morgan fingerprint density at radius 3 is 2.22 bits per heavy atom. The van der Waals surface area contributed by atoms with Crippen molar-refractivity contribution in [1.29, 1.82) is 0 Å². The van der Waals surface area contributed by atoms with E-state index < -0.39 is 5.24 Å².